The fraction of sp³-hybridized carbons (Fsp3) is 0.400. The Morgan fingerprint density at radius 1 is 1.52 bits per heavy atom. The van der Waals surface area contributed by atoms with Crippen molar-refractivity contribution in [3.8, 4) is 0 Å². The summed E-state index contributed by atoms with van der Waals surface area (Å²) >= 11 is 0. The molecule has 1 aliphatic rings. The second-order valence-corrected chi connectivity index (χ2v) is 5.38. The van der Waals surface area contributed by atoms with Crippen molar-refractivity contribution in [2.75, 3.05) is 19.8 Å². The van der Waals surface area contributed by atoms with E-state index in [1.807, 2.05) is 0 Å². The fourth-order valence-corrected chi connectivity index (χ4v) is 2.49. The van der Waals surface area contributed by atoms with Gasteiger partial charge in [0, 0.05) is 30.5 Å². The summed E-state index contributed by atoms with van der Waals surface area (Å²) in [6.45, 7) is 2.45. The summed E-state index contributed by atoms with van der Waals surface area (Å²) in [6.07, 6.45) is 0.473. The first kappa shape index (κ1) is 14.0. The Hall–Kier alpha value is -1.92. The molecule has 1 fully saturated rings. The number of ether oxygens (including phenoxy) is 1. The van der Waals surface area contributed by atoms with Gasteiger partial charge in [0.05, 0.1) is 6.61 Å². The van der Waals surface area contributed by atoms with Gasteiger partial charge in [-0.15, -0.1) is 0 Å². The lowest BCUT2D eigenvalue weighted by Crippen LogP contribution is -2.43. The van der Waals surface area contributed by atoms with Crippen molar-refractivity contribution < 1.29 is 23.4 Å². The van der Waals surface area contributed by atoms with E-state index in [9.17, 15) is 14.3 Å². The Bertz CT molecular complexity index is 688. The van der Waals surface area contributed by atoms with E-state index in [0.717, 1.165) is 0 Å². The van der Waals surface area contributed by atoms with Gasteiger partial charge >= 0.3 is 0 Å². The number of aliphatic hydroxyl groups is 1. The van der Waals surface area contributed by atoms with Gasteiger partial charge in [-0.2, -0.15) is 0 Å². The third kappa shape index (κ3) is 2.52. The Morgan fingerprint density at radius 3 is 3.00 bits per heavy atom. The second-order valence-electron chi connectivity index (χ2n) is 5.38. The zero-order valence-corrected chi connectivity index (χ0v) is 11.6. The third-order valence-electron chi connectivity index (χ3n) is 3.78. The molecule has 5 nitrogen and oxygen atoms in total. The number of hydrogen-bond donors (Lipinski definition) is 2. The predicted molar refractivity (Wildman–Crippen MR) is 73.6 cm³/mol. The molecule has 1 unspecified atom stereocenters. The van der Waals surface area contributed by atoms with E-state index in [1.54, 1.807) is 19.1 Å². The first-order chi connectivity index (χ1) is 10.0. The highest BCUT2D eigenvalue weighted by atomic mass is 19.1. The quantitative estimate of drug-likeness (QED) is 0.904. The van der Waals surface area contributed by atoms with Crippen molar-refractivity contribution in [1.29, 1.82) is 0 Å². The predicted octanol–water partition coefficient (Wildman–Crippen LogP) is 1.76. The summed E-state index contributed by atoms with van der Waals surface area (Å²) in [7, 11) is 0. The number of halogens is 1. The number of furan rings is 1. The molecule has 1 aromatic heterocycles. The molecule has 1 aliphatic heterocycles. The number of nitrogens with one attached hydrogen (secondary N) is 1. The van der Waals surface area contributed by atoms with E-state index in [2.05, 4.69) is 5.32 Å². The minimum Gasteiger partial charge on any atom is -0.448 e. The van der Waals surface area contributed by atoms with Crippen LogP contribution < -0.4 is 5.32 Å². The topological polar surface area (TPSA) is 71.7 Å². The van der Waals surface area contributed by atoms with E-state index in [0.29, 0.717) is 24.0 Å². The van der Waals surface area contributed by atoms with Crippen LogP contribution in [-0.4, -0.2) is 36.4 Å². The minimum absolute atomic E-state index is 0.0672. The molecule has 0 bridgehead atoms. The van der Waals surface area contributed by atoms with Crippen molar-refractivity contribution in [3.05, 3.63) is 35.3 Å². The molecule has 112 valence electrons. The number of benzene rings is 1. The fourth-order valence-electron chi connectivity index (χ4n) is 2.49. The van der Waals surface area contributed by atoms with Gasteiger partial charge in [-0.05, 0) is 13.0 Å². The van der Waals surface area contributed by atoms with Crippen LogP contribution in [0.2, 0.25) is 0 Å². The maximum Gasteiger partial charge on any atom is 0.287 e. The number of fused-ring (bicyclic) bond motifs is 1. The molecule has 0 radical (unpaired) electrons. The van der Waals surface area contributed by atoms with Crippen molar-refractivity contribution >= 4 is 16.9 Å². The smallest absolute Gasteiger partial charge is 0.287 e. The number of amides is 1. The second kappa shape index (κ2) is 5.13. The maximum atomic E-state index is 13.7. The highest BCUT2D eigenvalue weighted by molar-refractivity contribution is 5.99. The minimum atomic E-state index is -1.04. The summed E-state index contributed by atoms with van der Waals surface area (Å²) in [5.74, 6) is -0.904. The van der Waals surface area contributed by atoms with Gasteiger partial charge in [-0.25, -0.2) is 4.39 Å². The van der Waals surface area contributed by atoms with Crippen LogP contribution >= 0.6 is 0 Å². The number of carbonyl (C=O) groups excluding carboxylic acids is 1. The van der Waals surface area contributed by atoms with Gasteiger partial charge in [0.2, 0.25) is 0 Å². The van der Waals surface area contributed by atoms with Gasteiger partial charge in [-0.1, -0.05) is 12.1 Å². The van der Waals surface area contributed by atoms with Gasteiger partial charge in [0.1, 0.15) is 5.60 Å². The van der Waals surface area contributed by atoms with E-state index < -0.39 is 17.3 Å². The lowest BCUT2D eigenvalue weighted by Gasteiger charge is -2.20. The average Bonchev–Trinajstić information content (AvgIpc) is 3.03. The molecule has 1 saturated heterocycles. The molecular formula is C15H16FNO4. The van der Waals surface area contributed by atoms with Crippen molar-refractivity contribution in [2.45, 2.75) is 18.9 Å². The lowest BCUT2D eigenvalue weighted by molar-refractivity contribution is 0.0261. The third-order valence-corrected chi connectivity index (χ3v) is 3.78. The number of carbonyl (C=O) groups is 1. The van der Waals surface area contributed by atoms with Crippen LogP contribution in [0.15, 0.2) is 22.6 Å². The summed E-state index contributed by atoms with van der Waals surface area (Å²) < 4.78 is 24.1. The molecule has 2 heterocycles. The summed E-state index contributed by atoms with van der Waals surface area (Å²) in [5, 5.41) is 13.3. The van der Waals surface area contributed by atoms with Crippen molar-refractivity contribution in [1.82, 2.24) is 5.32 Å². The van der Waals surface area contributed by atoms with Crippen LogP contribution in [0, 0.1) is 12.7 Å². The van der Waals surface area contributed by atoms with E-state index in [-0.39, 0.29) is 24.5 Å². The number of para-hydroxylation sites is 1. The molecular weight excluding hydrogens is 277 g/mol. The SMILES string of the molecule is Cc1c(C(=O)NCC2(O)CCOC2)oc2c(F)cccc12. The highest BCUT2D eigenvalue weighted by Crippen LogP contribution is 2.27. The van der Waals surface area contributed by atoms with Crippen molar-refractivity contribution in [3.63, 3.8) is 0 Å². The van der Waals surface area contributed by atoms with Crippen LogP contribution in [0.5, 0.6) is 0 Å². The molecule has 0 saturated carbocycles. The van der Waals surface area contributed by atoms with Gasteiger partial charge < -0.3 is 19.6 Å². The van der Waals surface area contributed by atoms with E-state index in [4.69, 9.17) is 9.15 Å². The molecule has 2 N–H and O–H groups in total. The van der Waals surface area contributed by atoms with Gasteiger partial charge in [-0.3, -0.25) is 4.79 Å². The average molecular weight is 293 g/mol. The zero-order valence-electron chi connectivity index (χ0n) is 11.6. The maximum absolute atomic E-state index is 13.7. The van der Waals surface area contributed by atoms with E-state index in [1.165, 1.54) is 6.07 Å². The number of hydrogen-bond acceptors (Lipinski definition) is 4. The van der Waals surface area contributed by atoms with Crippen LogP contribution in [0.1, 0.15) is 22.5 Å². The molecule has 0 spiro atoms. The normalized spacial score (nSPS) is 21.9. The number of rotatable bonds is 3. The number of aryl methyl sites for hydroxylation is 1. The zero-order chi connectivity index (χ0) is 15.0. The van der Waals surface area contributed by atoms with Gasteiger partial charge in [0.15, 0.2) is 17.2 Å². The molecule has 1 atom stereocenters. The van der Waals surface area contributed by atoms with Crippen LogP contribution in [0.25, 0.3) is 11.0 Å². The summed E-state index contributed by atoms with van der Waals surface area (Å²) in [4.78, 5) is 12.2. The monoisotopic (exact) mass is 293 g/mol. The lowest BCUT2D eigenvalue weighted by atomic mass is 10.0. The Balaban J connectivity index is 1.81. The van der Waals surface area contributed by atoms with Gasteiger partial charge in [0.25, 0.3) is 5.91 Å². The standard InChI is InChI=1S/C15H16FNO4/c1-9-10-3-2-4-11(16)13(10)21-12(9)14(18)17-7-15(19)5-6-20-8-15/h2-4,19H,5-8H2,1H3,(H,17,18). The molecule has 21 heavy (non-hydrogen) atoms. The highest BCUT2D eigenvalue weighted by Gasteiger charge is 2.33. The first-order valence-corrected chi connectivity index (χ1v) is 6.76. The molecule has 0 aliphatic carbocycles. The van der Waals surface area contributed by atoms with Crippen LogP contribution in [0.3, 0.4) is 0 Å². The Morgan fingerprint density at radius 2 is 2.33 bits per heavy atom. The largest absolute Gasteiger partial charge is 0.448 e. The first-order valence-electron chi connectivity index (χ1n) is 6.76. The van der Waals surface area contributed by atoms with Crippen molar-refractivity contribution in [2.24, 2.45) is 0 Å². The molecule has 1 amide bonds. The molecule has 2 aromatic rings. The molecule has 3 rings (SSSR count). The molecule has 1 aromatic carbocycles. The van der Waals surface area contributed by atoms with E-state index >= 15 is 0 Å². The molecule has 6 heteroatoms. The van der Waals surface area contributed by atoms with Crippen LogP contribution in [-0.2, 0) is 4.74 Å². The summed E-state index contributed by atoms with van der Waals surface area (Å²) in [6, 6.07) is 4.55. The Labute approximate surface area is 120 Å². The Kier molecular flexibility index (Phi) is 3.43. The van der Waals surface area contributed by atoms with Crippen LogP contribution in [0.4, 0.5) is 4.39 Å². The summed E-state index contributed by atoms with van der Waals surface area (Å²) in [5.41, 5.74) is -0.388.